The van der Waals surface area contributed by atoms with Gasteiger partial charge in [-0.05, 0) is 54.4 Å². The highest BCUT2D eigenvalue weighted by molar-refractivity contribution is 7.96. The molecule has 0 spiro atoms. The van der Waals surface area contributed by atoms with Crippen LogP contribution in [-0.4, -0.2) is 43.2 Å². The molecule has 4 rings (SSSR count). The maximum absolute atomic E-state index is 13.4. The van der Waals surface area contributed by atoms with Crippen molar-refractivity contribution in [2.45, 2.75) is 25.4 Å². The van der Waals surface area contributed by atoms with Gasteiger partial charge in [0.25, 0.3) is 0 Å². The summed E-state index contributed by atoms with van der Waals surface area (Å²) in [7, 11) is 0.576. The normalized spacial score (nSPS) is 23.9. The number of halogens is 2. The molecule has 1 aliphatic heterocycles. The third kappa shape index (κ3) is 4.46. The number of carbonyl (C=O) groups excluding carboxylic acids is 1. The van der Waals surface area contributed by atoms with E-state index in [4.69, 9.17) is 11.6 Å². The lowest BCUT2D eigenvalue weighted by Crippen LogP contribution is -2.55. The van der Waals surface area contributed by atoms with E-state index in [0.29, 0.717) is 12.1 Å². The molecule has 3 atom stereocenters. The van der Waals surface area contributed by atoms with Crippen LogP contribution in [0.15, 0.2) is 35.8 Å². The lowest BCUT2D eigenvalue weighted by molar-refractivity contribution is -0.120. The topological polar surface area (TPSA) is 79.3 Å². The molecule has 1 fully saturated rings. The number of hydrogen-bond acceptors (Lipinski definition) is 4. The van der Waals surface area contributed by atoms with Crippen molar-refractivity contribution in [3.05, 3.63) is 57.3 Å². The van der Waals surface area contributed by atoms with Crippen LogP contribution in [0, 0.1) is 12.7 Å². The van der Waals surface area contributed by atoms with E-state index >= 15 is 0 Å². The van der Waals surface area contributed by atoms with Gasteiger partial charge in [-0.3, -0.25) is 9.48 Å². The van der Waals surface area contributed by atoms with Gasteiger partial charge in [0.05, 0.1) is 26.7 Å². The number of likely N-dealkylation sites (N-methyl/N-ethyl adjacent to an activating group) is 1. The van der Waals surface area contributed by atoms with Gasteiger partial charge in [-0.2, -0.15) is 5.10 Å². The predicted octanol–water partition coefficient (Wildman–Crippen LogP) is 3.77. The number of carbonyl (C=O) groups is 1. The Morgan fingerprint density at radius 1 is 1.41 bits per heavy atom. The molecule has 0 bridgehead atoms. The zero-order valence-electron chi connectivity index (χ0n) is 17.8. The number of nitrogens with one attached hydrogen (secondary N) is 2. The van der Waals surface area contributed by atoms with Gasteiger partial charge >= 0.3 is 0 Å². The number of aryl methyl sites for hydroxylation is 2. The molecule has 170 valence electrons. The average molecular weight is 496 g/mol. The van der Waals surface area contributed by atoms with Crippen LogP contribution >= 0.6 is 22.9 Å². The molecule has 2 aromatic heterocycles. The SMILES string of the molecule is C=S1(=O)NC(c2cc(-c3cn(C)nc3C)cs2)CC(C(=O)Nc2ccc(F)c(Cl)c2)N1C. The molecule has 3 heterocycles. The number of nitrogens with zero attached hydrogens (tertiary/aromatic N) is 3. The first-order valence-corrected chi connectivity index (χ1v) is 12.7. The summed E-state index contributed by atoms with van der Waals surface area (Å²) in [5, 5.41) is 9.07. The average Bonchev–Trinajstić information content (AvgIpc) is 3.32. The van der Waals surface area contributed by atoms with E-state index in [2.05, 4.69) is 21.0 Å². The quantitative estimate of drug-likeness (QED) is 0.541. The van der Waals surface area contributed by atoms with Gasteiger partial charge in [0.15, 0.2) is 0 Å². The van der Waals surface area contributed by atoms with Crippen molar-refractivity contribution < 1.29 is 13.4 Å². The summed E-state index contributed by atoms with van der Waals surface area (Å²) in [6, 6.07) is 4.96. The van der Waals surface area contributed by atoms with Crippen molar-refractivity contribution in [3.63, 3.8) is 0 Å². The molecule has 0 radical (unpaired) electrons. The first-order valence-electron chi connectivity index (χ1n) is 9.77. The minimum absolute atomic E-state index is 0.0860. The lowest BCUT2D eigenvalue weighted by atomic mass is 10.0. The molecule has 3 aromatic rings. The first kappa shape index (κ1) is 22.9. The molecule has 1 saturated heterocycles. The largest absolute Gasteiger partial charge is 0.325 e. The van der Waals surface area contributed by atoms with E-state index in [-0.39, 0.29) is 17.0 Å². The minimum Gasteiger partial charge on any atom is -0.325 e. The van der Waals surface area contributed by atoms with E-state index in [0.717, 1.165) is 21.7 Å². The van der Waals surface area contributed by atoms with Crippen molar-refractivity contribution in [1.29, 1.82) is 0 Å². The van der Waals surface area contributed by atoms with Crippen LogP contribution < -0.4 is 10.0 Å². The van der Waals surface area contributed by atoms with Gasteiger partial charge in [0.1, 0.15) is 11.9 Å². The summed E-state index contributed by atoms with van der Waals surface area (Å²) < 4.78 is 32.9. The number of aromatic nitrogens is 2. The Balaban J connectivity index is 1.58. The zero-order valence-corrected chi connectivity index (χ0v) is 20.2. The first-order chi connectivity index (χ1) is 15.0. The molecule has 0 saturated carbocycles. The summed E-state index contributed by atoms with van der Waals surface area (Å²) in [5.41, 5.74) is 3.34. The maximum atomic E-state index is 13.4. The van der Waals surface area contributed by atoms with Gasteiger partial charge in [-0.25, -0.2) is 17.6 Å². The van der Waals surface area contributed by atoms with Crippen LogP contribution in [-0.2, 0) is 21.7 Å². The maximum Gasteiger partial charge on any atom is 0.242 e. The molecule has 7 nitrogen and oxygen atoms in total. The van der Waals surface area contributed by atoms with E-state index < -0.39 is 21.8 Å². The molecular weight excluding hydrogens is 473 g/mol. The zero-order chi connectivity index (χ0) is 23.2. The highest BCUT2D eigenvalue weighted by Gasteiger charge is 2.38. The monoisotopic (exact) mass is 495 g/mol. The van der Waals surface area contributed by atoms with Gasteiger partial charge in [0, 0.05) is 36.4 Å². The fourth-order valence-electron chi connectivity index (χ4n) is 3.74. The van der Waals surface area contributed by atoms with Crippen LogP contribution in [0.1, 0.15) is 23.0 Å². The van der Waals surface area contributed by atoms with Gasteiger partial charge < -0.3 is 5.32 Å². The van der Waals surface area contributed by atoms with Crippen LogP contribution in [0.25, 0.3) is 11.1 Å². The van der Waals surface area contributed by atoms with E-state index in [9.17, 15) is 13.4 Å². The van der Waals surface area contributed by atoms with Gasteiger partial charge in [-0.1, -0.05) is 11.6 Å². The van der Waals surface area contributed by atoms with Crippen molar-refractivity contribution in [3.8, 4) is 11.1 Å². The molecule has 3 unspecified atom stereocenters. The molecule has 32 heavy (non-hydrogen) atoms. The Morgan fingerprint density at radius 3 is 2.81 bits per heavy atom. The fourth-order valence-corrected chi connectivity index (χ4v) is 6.39. The van der Waals surface area contributed by atoms with Crippen LogP contribution in [0.3, 0.4) is 0 Å². The number of thiophene rings is 1. The summed E-state index contributed by atoms with van der Waals surface area (Å²) in [5.74, 6) is 2.89. The van der Waals surface area contributed by atoms with Gasteiger partial charge in [-0.15, -0.1) is 11.3 Å². The Morgan fingerprint density at radius 2 is 2.16 bits per heavy atom. The van der Waals surface area contributed by atoms with Crippen LogP contribution in [0.2, 0.25) is 5.02 Å². The summed E-state index contributed by atoms with van der Waals surface area (Å²) >= 11 is 7.35. The number of rotatable bonds is 4. The second-order valence-electron chi connectivity index (χ2n) is 7.77. The van der Waals surface area contributed by atoms with E-state index in [1.54, 1.807) is 11.7 Å². The molecule has 1 aromatic carbocycles. The number of hydrogen-bond donors (Lipinski definition) is 2. The summed E-state index contributed by atoms with van der Waals surface area (Å²) in [6.07, 6.45) is 2.34. The van der Waals surface area contributed by atoms with E-state index in [1.165, 1.54) is 33.8 Å². The third-order valence-electron chi connectivity index (χ3n) is 5.47. The Labute approximate surface area is 195 Å². The smallest absolute Gasteiger partial charge is 0.242 e. The lowest BCUT2D eigenvalue weighted by Gasteiger charge is -2.39. The summed E-state index contributed by atoms with van der Waals surface area (Å²) in [6.45, 7) is 1.95. The summed E-state index contributed by atoms with van der Waals surface area (Å²) in [4.78, 5) is 14.0. The second kappa shape index (κ2) is 8.60. The predicted molar refractivity (Wildman–Crippen MR) is 129 cm³/mol. The highest BCUT2D eigenvalue weighted by Crippen LogP contribution is 2.36. The molecule has 2 N–H and O–H groups in total. The Kier molecular flexibility index (Phi) is 6.17. The Hall–Kier alpha value is -2.24. The fraction of sp³-hybridized carbons (Fsp3) is 0.286. The van der Waals surface area contributed by atoms with Crippen LogP contribution in [0.4, 0.5) is 10.1 Å². The highest BCUT2D eigenvalue weighted by atomic mass is 35.5. The van der Waals surface area contributed by atoms with Gasteiger partial charge in [0.2, 0.25) is 5.91 Å². The molecule has 11 heteroatoms. The molecule has 0 aliphatic carbocycles. The van der Waals surface area contributed by atoms with E-state index in [1.807, 2.05) is 31.6 Å². The van der Waals surface area contributed by atoms with Crippen molar-refractivity contribution in [1.82, 2.24) is 18.8 Å². The molecule has 1 aliphatic rings. The van der Waals surface area contributed by atoms with Crippen molar-refractivity contribution in [2.75, 3.05) is 12.4 Å². The van der Waals surface area contributed by atoms with Crippen LogP contribution in [0.5, 0.6) is 0 Å². The molecule has 1 amide bonds. The number of benzene rings is 1. The standard InChI is InChI=1S/C21H23ClFN5O2S2/c1-12-15(10-27(2)25-12)13-7-20(31-11-13)18-9-19(28(3)32(4,30)26-18)21(29)24-14-5-6-17(23)16(22)8-14/h5-8,10-11,18-19H,4,9H2,1-3H3,(H,24,29)(H,26,30). The Bertz CT molecular complexity index is 1290. The third-order valence-corrected chi connectivity index (χ3v) is 8.64. The minimum atomic E-state index is -2.89. The second-order valence-corrected chi connectivity index (χ2v) is 11.2. The van der Waals surface area contributed by atoms with Crippen molar-refractivity contribution in [2.24, 2.45) is 7.05 Å². The van der Waals surface area contributed by atoms with Crippen molar-refractivity contribution >= 4 is 50.3 Å². The number of anilines is 1. The number of amides is 1. The molecular formula is C21H23ClFN5O2S2.